The first-order valence-corrected chi connectivity index (χ1v) is 14.3. The molecule has 1 fully saturated rings. The molecule has 1 aliphatic rings. The van der Waals surface area contributed by atoms with Gasteiger partial charge in [0.05, 0.1) is 26.2 Å². The summed E-state index contributed by atoms with van der Waals surface area (Å²) >= 11 is 1.40. The van der Waals surface area contributed by atoms with Gasteiger partial charge in [-0.15, -0.1) is 0 Å². The van der Waals surface area contributed by atoms with Gasteiger partial charge in [-0.2, -0.15) is 0 Å². The molecule has 1 saturated heterocycles. The van der Waals surface area contributed by atoms with Gasteiger partial charge < -0.3 is 28.8 Å². The molecule has 3 unspecified atom stereocenters. The Hall–Kier alpha value is -3.01. The molecule has 5 atom stereocenters. The summed E-state index contributed by atoms with van der Waals surface area (Å²) in [5.74, 6) is -0.646. The molecule has 0 aromatic heterocycles. The maximum Gasteiger partial charge on any atom is 0.306 e. The second-order valence-electron chi connectivity index (χ2n) is 9.88. The predicted octanol–water partition coefficient (Wildman–Crippen LogP) is 5.26. The first-order chi connectivity index (χ1) is 19.4. The van der Waals surface area contributed by atoms with Crippen molar-refractivity contribution in [2.24, 2.45) is 0 Å². The van der Waals surface area contributed by atoms with Crippen molar-refractivity contribution >= 4 is 23.5 Å². The lowest BCUT2D eigenvalue weighted by Crippen LogP contribution is -2.60. The minimum atomic E-state index is -1.13. The third kappa shape index (κ3) is 9.01. The largest absolute Gasteiger partial charge is 0.456 e. The summed E-state index contributed by atoms with van der Waals surface area (Å²) in [6, 6.07) is 27.3. The van der Waals surface area contributed by atoms with Crippen molar-refractivity contribution in [3.05, 3.63) is 102 Å². The normalized spacial score (nSPS) is 22.5. The summed E-state index contributed by atoms with van der Waals surface area (Å²) in [7, 11) is 0. The van der Waals surface area contributed by atoms with E-state index in [1.165, 1.54) is 18.7 Å². The summed E-state index contributed by atoms with van der Waals surface area (Å²) in [6.07, 6.45) is -3.63. The van der Waals surface area contributed by atoms with Crippen LogP contribution in [0.15, 0.2) is 89.8 Å². The summed E-state index contributed by atoms with van der Waals surface area (Å²) in [5.41, 5.74) is 2.36. The van der Waals surface area contributed by atoms with Crippen LogP contribution >= 0.6 is 11.8 Å². The van der Waals surface area contributed by atoms with Crippen LogP contribution in [0.1, 0.15) is 36.5 Å². The fraction of sp³-hybridized carbons (Fsp3) is 0.375. The maximum atomic E-state index is 12.8. The first kappa shape index (κ1) is 30.0. The smallest absolute Gasteiger partial charge is 0.306 e. The molecule has 40 heavy (non-hydrogen) atoms. The third-order valence-corrected chi connectivity index (χ3v) is 7.68. The minimum Gasteiger partial charge on any atom is -0.456 e. The minimum absolute atomic E-state index is 0.0567. The molecule has 0 spiro atoms. The number of hydrogen-bond donors (Lipinski definition) is 1. The molecule has 212 valence electrons. The molecule has 0 bridgehead atoms. The predicted molar refractivity (Wildman–Crippen MR) is 153 cm³/mol. The van der Waals surface area contributed by atoms with Crippen LogP contribution in [0.3, 0.4) is 0 Å². The van der Waals surface area contributed by atoms with Crippen LogP contribution in [0.25, 0.3) is 0 Å². The lowest BCUT2D eigenvalue weighted by molar-refractivity contribution is -0.236. The number of aryl methyl sites for hydroxylation is 1. The van der Waals surface area contributed by atoms with E-state index in [9.17, 15) is 14.7 Å². The zero-order valence-electron chi connectivity index (χ0n) is 22.8. The average molecular weight is 565 g/mol. The van der Waals surface area contributed by atoms with Crippen molar-refractivity contribution < 1.29 is 33.6 Å². The number of ether oxygens (including phenoxy) is 4. The second-order valence-corrected chi connectivity index (χ2v) is 11.1. The number of aliphatic hydroxyl groups excluding tert-OH is 1. The van der Waals surface area contributed by atoms with Gasteiger partial charge in [-0.3, -0.25) is 4.79 Å². The summed E-state index contributed by atoms with van der Waals surface area (Å²) in [4.78, 5) is 25.2. The van der Waals surface area contributed by atoms with Gasteiger partial charge in [-0.05, 0) is 37.1 Å². The van der Waals surface area contributed by atoms with Crippen molar-refractivity contribution in [2.45, 2.75) is 74.7 Å². The van der Waals surface area contributed by atoms with Crippen LogP contribution in [-0.4, -0.2) is 53.3 Å². The Balaban J connectivity index is 1.56. The van der Waals surface area contributed by atoms with Crippen LogP contribution in [0, 0.1) is 6.92 Å². The number of carbonyl (C=O) groups is 2. The molecular formula is C32H36O7S. The van der Waals surface area contributed by atoms with Gasteiger partial charge in [-0.25, -0.2) is 0 Å². The lowest BCUT2D eigenvalue weighted by atomic mass is 9.99. The molecule has 1 N–H and O–H groups in total. The van der Waals surface area contributed by atoms with E-state index in [4.69, 9.17) is 18.9 Å². The van der Waals surface area contributed by atoms with E-state index in [2.05, 4.69) is 0 Å². The average Bonchev–Trinajstić information content (AvgIpc) is 2.96. The Morgan fingerprint density at radius 3 is 2.10 bits per heavy atom. The summed E-state index contributed by atoms with van der Waals surface area (Å²) < 4.78 is 24.4. The van der Waals surface area contributed by atoms with Gasteiger partial charge in [0, 0.05) is 11.3 Å². The van der Waals surface area contributed by atoms with Crippen molar-refractivity contribution in [1.29, 1.82) is 0 Å². The highest BCUT2D eigenvalue weighted by Gasteiger charge is 2.48. The third-order valence-electron chi connectivity index (χ3n) is 6.52. The van der Waals surface area contributed by atoms with E-state index in [0.717, 1.165) is 21.6 Å². The zero-order chi connectivity index (χ0) is 28.3. The zero-order valence-corrected chi connectivity index (χ0v) is 23.6. The van der Waals surface area contributed by atoms with Gasteiger partial charge in [0.25, 0.3) is 0 Å². The van der Waals surface area contributed by atoms with Gasteiger partial charge in [0.15, 0.2) is 6.10 Å². The van der Waals surface area contributed by atoms with Gasteiger partial charge in [0.1, 0.15) is 29.5 Å². The molecule has 4 rings (SSSR count). The molecular weight excluding hydrogens is 528 g/mol. The number of esters is 1. The molecule has 1 heterocycles. The molecule has 1 aliphatic heterocycles. The number of thioether (sulfide) groups is 1. The number of hydrogen-bond acceptors (Lipinski definition) is 8. The van der Waals surface area contributed by atoms with Crippen LogP contribution in [-0.2, 0) is 41.8 Å². The standard InChI is InChI=1S/C32H36O7S/c1-22-13-16-26(17-14-22)40-32-31(39-28(34)18-15-23(2)33)30(37-20-25-11-7-4-8-12-25)29(35)27(38-32)21-36-19-24-9-5-3-6-10-24/h3-14,16-17,27,29-32,35H,15,18-21H2,1-2H3/t27?,29-,30?,31?,32-/m1/s1. The van der Waals surface area contributed by atoms with Crippen molar-refractivity contribution in [1.82, 2.24) is 0 Å². The molecule has 8 heteroatoms. The number of aliphatic hydroxyl groups is 1. The van der Waals surface area contributed by atoms with Gasteiger partial charge in [-0.1, -0.05) is 90.1 Å². The fourth-order valence-corrected chi connectivity index (χ4v) is 5.42. The van der Waals surface area contributed by atoms with Crippen LogP contribution < -0.4 is 0 Å². The number of rotatable bonds is 13. The molecule has 3 aromatic rings. The van der Waals surface area contributed by atoms with Crippen molar-refractivity contribution in [2.75, 3.05) is 6.61 Å². The maximum absolute atomic E-state index is 12.8. The van der Waals surface area contributed by atoms with E-state index in [1.54, 1.807) is 0 Å². The molecule has 0 aliphatic carbocycles. The highest BCUT2D eigenvalue weighted by Crippen LogP contribution is 2.37. The molecule has 0 amide bonds. The summed E-state index contributed by atoms with van der Waals surface area (Å²) in [5, 5.41) is 11.4. The fourth-order valence-electron chi connectivity index (χ4n) is 4.31. The highest BCUT2D eigenvalue weighted by atomic mass is 32.2. The van der Waals surface area contributed by atoms with Crippen molar-refractivity contribution in [3.8, 4) is 0 Å². The molecule has 0 saturated carbocycles. The van der Waals surface area contributed by atoms with E-state index < -0.39 is 35.8 Å². The SMILES string of the molecule is CC(=O)CCC(=O)OC1C(OCc2ccccc2)[C@H](O)C(COCc2ccccc2)O[C@@H]1Sc1ccc(C)cc1. The Bertz CT molecular complexity index is 1200. The van der Waals surface area contributed by atoms with Gasteiger partial charge in [0.2, 0.25) is 0 Å². The highest BCUT2D eigenvalue weighted by molar-refractivity contribution is 7.99. The molecule has 0 radical (unpaired) electrons. The van der Waals surface area contributed by atoms with E-state index in [-0.39, 0.29) is 31.8 Å². The number of ketones is 1. The lowest BCUT2D eigenvalue weighted by Gasteiger charge is -2.43. The van der Waals surface area contributed by atoms with Crippen LogP contribution in [0.2, 0.25) is 0 Å². The Labute approximate surface area is 239 Å². The molecule has 3 aromatic carbocycles. The van der Waals surface area contributed by atoms with Crippen LogP contribution in [0.5, 0.6) is 0 Å². The monoisotopic (exact) mass is 564 g/mol. The number of benzene rings is 3. The molecule has 7 nitrogen and oxygen atoms in total. The van der Waals surface area contributed by atoms with E-state index in [1.807, 2.05) is 91.9 Å². The van der Waals surface area contributed by atoms with Gasteiger partial charge >= 0.3 is 5.97 Å². The topological polar surface area (TPSA) is 91.3 Å². The van der Waals surface area contributed by atoms with Crippen LogP contribution in [0.4, 0.5) is 0 Å². The number of Topliss-reactive ketones (excluding diaryl/α,β-unsaturated/α-hetero) is 1. The van der Waals surface area contributed by atoms with Crippen molar-refractivity contribution in [3.63, 3.8) is 0 Å². The number of carbonyl (C=O) groups excluding carboxylic acids is 2. The first-order valence-electron chi connectivity index (χ1n) is 13.4. The second kappa shape index (κ2) is 15.1. The Kier molecular flexibility index (Phi) is 11.3. The Morgan fingerprint density at radius 1 is 0.850 bits per heavy atom. The summed E-state index contributed by atoms with van der Waals surface area (Å²) in [6.45, 7) is 4.14. The van der Waals surface area contributed by atoms with E-state index in [0.29, 0.717) is 6.61 Å². The Morgan fingerprint density at radius 2 is 1.48 bits per heavy atom. The quantitative estimate of drug-likeness (QED) is 0.281. The van der Waals surface area contributed by atoms with E-state index >= 15 is 0 Å².